The summed E-state index contributed by atoms with van der Waals surface area (Å²) in [4.78, 5) is 24.7. The molecule has 1 amide bonds. The normalized spacial score (nSPS) is 15.7. The summed E-state index contributed by atoms with van der Waals surface area (Å²) < 4.78 is 8.20. The van der Waals surface area contributed by atoms with E-state index >= 15 is 0 Å². The number of fused-ring (bicyclic) bond motifs is 3. The van der Waals surface area contributed by atoms with E-state index in [0.717, 1.165) is 26.1 Å². The largest absolute Gasteiger partial charge is 0.381 e. The Kier molecular flexibility index (Phi) is 4.14. The summed E-state index contributed by atoms with van der Waals surface area (Å²) in [5, 5.41) is 15.0. The lowest BCUT2D eigenvalue weighted by Crippen LogP contribution is -2.36. The zero-order valence-electron chi connectivity index (χ0n) is 13.6. The minimum Gasteiger partial charge on any atom is -0.381 e. The number of amides is 1. The lowest BCUT2D eigenvalue weighted by Gasteiger charge is -2.22. The lowest BCUT2D eigenvalue weighted by molar-refractivity contribution is -0.122. The van der Waals surface area contributed by atoms with Gasteiger partial charge < -0.3 is 14.6 Å². The molecule has 0 radical (unpaired) electrons. The van der Waals surface area contributed by atoms with Gasteiger partial charge in [0.1, 0.15) is 12.1 Å². The van der Waals surface area contributed by atoms with E-state index in [2.05, 4.69) is 20.6 Å². The number of ether oxygens (including phenoxy) is 1. The van der Waals surface area contributed by atoms with Crippen LogP contribution in [0.2, 0.25) is 0 Å². The van der Waals surface area contributed by atoms with Crippen LogP contribution in [0.15, 0.2) is 29.3 Å². The summed E-state index contributed by atoms with van der Waals surface area (Å²) in [7, 11) is 0. The number of carbonyl (C=O) groups excluding carboxylic acids is 1. The number of rotatable bonds is 4. The number of nitrogens with zero attached hydrogens (tertiary/aromatic N) is 5. The number of aromatic nitrogens is 5. The molecule has 3 aromatic heterocycles. The van der Waals surface area contributed by atoms with Crippen molar-refractivity contribution in [3.05, 3.63) is 34.9 Å². The Hall–Kier alpha value is -2.81. The van der Waals surface area contributed by atoms with Crippen LogP contribution >= 0.6 is 0 Å². The highest BCUT2D eigenvalue weighted by molar-refractivity contribution is 5.77. The number of hydrogen-bond acceptors (Lipinski definition) is 6. The maximum Gasteiger partial charge on any atom is 0.281 e. The molecule has 0 saturated carbocycles. The molecule has 0 unspecified atom stereocenters. The molecule has 1 aliphatic heterocycles. The second-order valence-corrected chi connectivity index (χ2v) is 6.14. The van der Waals surface area contributed by atoms with E-state index in [1.807, 2.05) is 0 Å². The molecule has 0 atom stereocenters. The first-order valence-corrected chi connectivity index (χ1v) is 8.26. The molecule has 1 N–H and O–H groups in total. The fraction of sp³-hybridized carbons (Fsp3) is 0.438. The minimum absolute atomic E-state index is 0.0448. The Morgan fingerprint density at radius 2 is 2.12 bits per heavy atom. The Balaban J connectivity index is 1.51. The molecule has 0 aliphatic carbocycles. The Bertz CT molecular complexity index is 973. The third-order valence-electron chi connectivity index (χ3n) is 4.46. The summed E-state index contributed by atoms with van der Waals surface area (Å²) in [6.07, 6.45) is 5.08. The smallest absolute Gasteiger partial charge is 0.281 e. The summed E-state index contributed by atoms with van der Waals surface area (Å²) in [5.41, 5.74) is 0.970. The van der Waals surface area contributed by atoms with Crippen molar-refractivity contribution in [1.29, 1.82) is 0 Å². The van der Waals surface area contributed by atoms with Gasteiger partial charge in [0.2, 0.25) is 5.91 Å². The molecule has 9 nitrogen and oxygen atoms in total. The van der Waals surface area contributed by atoms with Crippen molar-refractivity contribution in [2.45, 2.75) is 19.4 Å². The zero-order chi connectivity index (χ0) is 17.2. The van der Waals surface area contributed by atoms with Gasteiger partial charge >= 0.3 is 0 Å². The Labute approximate surface area is 142 Å². The van der Waals surface area contributed by atoms with E-state index in [1.165, 1.54) is 4.57 Å². The van der Waals surface area contributed by atoms with Crippen LogP contribution in [0.3, 0.4) is 0 Å². The predicted octanol–water partition coefficient (Wildman–Crippen LogP) is -0.0180. The fourth-order valence-corrected chi connectivity index (χ4v) is 3.02. The highest BCUT2D eigenvalue weighted by Gasteiger charge is 2.16. The lowest BCUT2D eigenvalue weighted by atomic mass is 10.0. The van der Waals surface area contributed by atoms with Gasteiger partial charge in [0, 0.05) is 32.0 Å². The quantitative estimate of drug-likeness (QED) is 0.715. The topological polar surface area (TPSA) is 103 Å². The monoisotopic (exact) mass is 342 g/mol. The van der Waals surface area contributed by atoms with Gasteiger partial charge in [-0.2, -0.15) is 5.10 Å². The van der Waals surface area contributed by atoms with E-state index in [-0.39, 0.29) is 23.5 Å². The molecule has 1 saturated heterocycles. The van der Waals surface area contributed by atoms with Crippen molar-refractivity contribution in [3.8, 4) is 0 Å². The van der Waals surface area contributed by atoms with E-state index in [1.54, 1.807) is 29.0 Å². The van der Waals surface area contributed by atoms with Crippen LogP contribution in [0, 0.1) is 5.92 Å². The average Bonchev–Trinajstić information content (AvgIpc) is 3.12. The van der Waals surface area contributed by atoms with Crippen molar-refractivity contribution in [2.24, 2.45) is 5.92 Å². The number of pyridine rings is 1. The van der Waals surface area contributed by atoms with Gasteiger partial charge in [-0.05, 0) is 24.8 Å². The van der Waals surface area contributed by atoms with Gasteiger partial charge in [0.05, 0.1) is 6.20 Å². The first-order valence-electron chi connectivity index (χ1n) is 8.26. The molecule has 4 rings (SSSR count). The minimum atomic E-state index is -0.358. The first kappa shape index (κ1) is 15.7. The third kappa shape index (κ3) is 3.10. The van der Waals surface area contributed by atoms with E-state index in [0.29, 0.717) is 23.6 Å². The molecular weight excluding hydrogens is 324 g/mol. The van der Waals surface area contributed by atoms with Crippen LogP contribution in [-0.2, 0) is 16.1 Å². The van der Waals surface area contributed by atoms with Crippen molar-refractivity contribution in [1.82, 2.24) is 29.7 Å². The van der Waals surface area contributed by atoms with Gasteiger partial charge in [0.25, 0.3) is 5.56 Å². The summed E-state index contributed by atoms with van der Waals surface area (Å²) >= 11 is 0. The Morgan fingerprint density at radius 3 is 2.96 bits per heavy atom. The fourth-order valence-electron chi connectivity index (χ4n) is 3.02. The summed E-state index contributed by atoms with van der Waals surface area (Å²) in [5.74, 6) is 0.242. The second kappa shape index (κ2) is 6.60. The molecule has 1 fully saturated rings. The number of nitrogens with one attached hydrogen (secondary N) is 1. The molecule has 25 heavy (non-hydrogen) atoms. The van der Waals surface area contributed by atoms with Crippen molar-refractivity contribution in [2.75, 3.05) is 19.8 Å². The molecule has 0 bridgehead atoms. The number of hydrogen-bond donors (Lipinski definition) is 1. The molecule has 130 valence electrons. The molecule has 3 aromatic rings. The zero-order valence-corrected chi connectivity index (χ0v) is 13.6. The Morgan fingerprint density at radius 1 is 1.28 bits per heavy atom. The molecular formula is C16H18N6O3. The maximum absolute atomic E-state index is 12.6. The van der Waals surface area contributed by atoms with Crippen molar-refractivity contribution >= 4 is 22.6 Å². The summed E-state index contributed by atoms with van der Waals surface area (Å²) in [6.45, 7) is 2.05. The first-order chi connectivity index (χ1) is 12.2. The molecule has 9 heteroatoms. The van der Waals surface area contributed by atoms with Crippen LogP contribution in [0.25, 0.3) is 16.7 Å². The van der Waals surface area contributed by atoms with Gasteiger partial charge in [-0.15, -0.1) is 10.2 Å². The van der Waals surface area contributed by atoms with Crippen LogP contribution < -0.4 is 10.9 Å². The standard InChI is InChI=1S/C16H18N6O3/c23-14(17-9-11-3-7-25-8-4-11)10-21-6-2-12-15(16(21)24)20-19-13-1-5-18-22(12)13/h1-2,5-6,11H,3-4,7-10H2,(H,17,23). The summed E-state index contributed by atoms with van der Waals surface area (Å²) in [6, 6.07) is 3.43. The molecule has 4 heterocycles. The molecule has 0 aromatic carbocycles. The second-order valence-electron chi connectivity index (χ2n) is 6.14. The molecule has 0 spiro atoms. The van der Waals surface area contributed by atoms with Crippen LogP contribution in [0.4, 0.5) is 0 Å². The van der Waals surface area contributed by atoms with Gasteiger partial charge in [-0.1, -0.05) is 0 Å². The highest BCUT2D eigenvalue weighted by atomic mass is 16.5. The van der Waals surface area contributed by atoms with Crippen LogP contribution in [-0.4, -0.2) is 50.0 Å². The third-order valence-corrected chi connectivity index (χ3v) is 4.46. The predicted molar refractivity (Wildman–Crippen MR) is 89.1 cm³/mol. The average molecular weight is 342 g/mol. The maximum atomic E-state index is 12.6. The SMILES string of the molecule is O=C(Cn1ccc2c(nnc3ccnn32)c1=O)NCC1CCOCC1. The highest BCUT2D eigenvalue weighted by Crippen LogP contribution is 2.13. The van der Waals surface area contributed by atoms with Crippen LogP contribution in [0.5, 0.6) is 0 Å². The van der Waals surface area contributed by atoms with E-state index in [9.17, 15) is 9.59 Å². The van der Waals surface area contributed by atoms with Crippen molar-refractivity contribution in [3.63, 3.8) is 0 Å². The van der Waals surface area contributed by atoms with E-state index < -0.39 is 0 Å². The molecule has 1 aliphatic rings. The number of carbonyl (C=O) groups is 1. The van der Waals surface area contributed by atoms with E-state index in [4.69, 9.17) is 4.74 Å². The van der Waals surface area contributed by atoms with Crippen molar-refractivity contribution < 1.29 is 9.53 Å². The van der Waals surface area contributed by atoms with Gasteiger partial charge in [0.15, 0.2) is 11.2 Å². The van der Waals surface area contributed by atoms with Gasteiger partial charge in [-0.25, -0.2) is 4.52 Å². The van der Waals surface area contributed by atoms with Crippen LogP contribution in [0.1, 0.15) is 12.8 Å². The van der Waals surface area contributed by atoms with Gasteiger partial charge in [-0.3, -0.25) is 9.59 Å².